The third-order valence-electron chi connectivity index (χ3n) is 6.05. The van der Waals surface area contributed by atoms with E-state index in [2.05, 4.69) is 23.7 Å². The summed E-state index contributed by atoms with van der Waals surface area (Å²) in [5, 5.41) is 1.19. The van der Waals surface area contributed by atoms with Crippen LogP contribution >= 0.6 is 11.6 Å². The second-order valence-corrected chi connectivity index (χ2v) is 8.85. The van der Waals surface area contributed by atoms with E-state index in [-0.39, 0.29) is 11.4 Å². The number of fused-ring (bicyclic) bond motifs is 1. The van der Waals surface area contributed by atoms with E-state index in [1.54, 1.807) is 10.6 Å². The maximum atomic E-state index is 13.8. The van der Waals surface area contributed by atoms with Gasteiger partial charge in [-0.25, -0.2) is 9.37 Å². The molecule has 1 aromatic heterocycles. The van der Waals surface area contributed by atoms with E-state index in [0.717, 1.165) is 37.1 Å². The number of rotatable bonds is 5. The van der Waals surface area contributed by atoms with Gasteiger partial charge >= 0.3 is 0 Å². The normalized spacial score (nSPS) is 17.7. The van der Waals surface area contributed by atoms with Crippen molar-refractivity contribution in [2.45, 2.75) is 46.0 Å². The van der Waals surface area contributed by atoms with Crippen molar-refractivity contribution in [2.75, 3.05) is 13.1 Å². The van der Waals surface area contributed by atoms with Crippen LogP contribution in [0.3, 0.4) is 0 Å². The molecule has 0 saturated carbocycles. The van der Waals surface area contributed by atoms with Gasteiger partial charge in [0.15, 0.2) is 0 Å². The van der Waals surface area contributed by atoms with Gasteiger partial charge in [0.2, 0.25) is 0 Å². The van der Waals surface area contributed by atoms with Crippen LogP contribution in [0.2, 0.25) is 5.02 Å². The minimum Gasteiger partial charge on any atom is -0.301 e. The molecule has 0 spiro atoms. The van der Waals surface area contributed by atoms with Crippen molar-refractivity contribution in [3.05, 3.63) is 63.7 Å². The molecule has 0 bridgehead atoms. The van der Waals surface area contributed by atoms with Crippen molar-refractivity contribution >= 4 is 22.5 Å². The van der Waals surface area contributed by atoms with Gasteiger partial charge in [-0.15, -0.1) is 0 Å². The Labute approximate surface area is 181 Å². The number of benzene rings is 2. The molecular formula is C24H27ClFN3O. The Morgan fingerprint density at radius 1 is 1.17 bits per heavy atom. The molecule has 158 valence electrons. The van der Waals surface area contributed by atoms with Crippen molar-refractivity contribution in [1.29, 1.82) is 0 Å². The quantitative estimate of drug-likeness (QED) is 0.554. The number of halogens is 2. The number of aromatic nitrogens is 2. The molecule has 30 heavy (non-hydrogen) atoms. The highest BCUT2D eigenvalue weighted by molar-refractivity contribution is 6.30. The van der Waals surface area contributed by atoms with Crippen LogP contribution in [0.25, 0.3) is 22.0 Å². The average Bonchev–Trinajstić information content (AvgIpc) is 2.76. The highest BCUT2D eigenvalue weighted by Gasteiger charge is 2.24. The smallest absolute Gasteiger partial charge is 0.261 e. The van der Waals surface area contributed by atoms with Gasteiger partial charge in [-0.05, 0) is 74.5 Å². The summed E-state index contributed by atoms with van der Waals surface area (Å²) in [5.41, 5.74) is 2.27. The Morgan fingerprint density at radius 3 is 2.60 bits per heavy atom. The average molecular weight is 428 g/mol. The number of likely N-dealkylation sites (tertiary alicyclic amines) is 1. The van der Waals surface area contributed by atoms with Crippen LogP contribution in [-0.2, 0) is 13.2 Å². The van der Waals surface area contributed by atoms with Crippen molar-refractivity contribution in [3.63, 3.8) is 0 Å². The lowest BCUT2D eigenvalue weighted by molar-refractivity contribution is 0.129. The standard InChI is InChI=1S/C24H27ClFN3O/c1-16(2)28-11-3-4-17(14-28)15-29-23(13-26)27-22-10-7-19(12-21(22)24(29)30)18-5-8-20(25)9-6-18/h5-10,12,16-17H,3-4,11,13-15H2,1-2H3/t17-/m0/s1. The minimum atomic E-state index is -0.745. The molecule has 1 saturated heterocycles. The van der Waals surface area contributed by atoms with Crippen LogP contribution in [0, 0.1) is 5.92 Å². The Balaban J connectivity index is 1.72. The number of alkyl halides is 1. The monoisotopic (exact) mass is 427 g/mol. The van der Waals surface area contributed by atoms with E-state index in [1.807, 2.05) is 36.4 Å². The Kier molecular flexibility index (Phi) is 6.21. The Bertz CT molecular complexity index is 1090. The zero-order valence-electron chi connectivity index (χ0n) is 17.4. The molecule has 0 aliphatic carbocycles. The summed E-state index contributed by atoms with van der Waals surface area (Å²) in [6.45, 7) is 6.16. The topological polar surface area (TPSA) is 38.1 Å². The summed E-state index contributed by atoms with van der Waals surface area (Å²) in [5.74, 6) is 0.538. The lowest BCUT2D eigenvalue weighted by Gasteiger charge is -2.35. The molecule has 1 aliphatic heterocycles. The summed E-state index contributed by atoms with van der Waals surface area (Å²) in [4.78, 5) is 20.3. The molecule has 2 heterocycles. The van der Waals surface area contributed by atoms with Crippen molar-refractivity contribution in [1.82, 2.24) is 14.5 Å². The van der Waals surface area contributed by atoms with Crippen LogP contribution < -0.4 is 5.56 Å². The van der Waals surface area contributed by atoms with E-state index in [9.17, 15) is 9.18 Å². The number of hydrogen-bond acceptors (Lipinski definition) is 3. The van der Waals surface area contributed by atoms with Gasteiger partial charge in [0.1, 0.15) is 12.5 Å². The molecular weight excluding hydrogens is 401 g/mol. The van der Waals surface area contributed by atoms with Gasteiger partial charge in [-0.3, -0.25) is 9.36 Å². The third kappa shape index (κ3) is 4.28. The molecule has 4 rings (SSSR count). The third-order valence-corrected chi connectivity index (χ3v) is 6.30. The van der Waals surface area contributed by atoms with E-state index in [1.165, 1.54) is 0 Å². The minimum absolute atomic E-state index is 0.162. The molecule has 0 amide bonds. The molecule has 6 heteroatoms. The first-order chi connectivity index (χ1) is 14.5. The van der Waals surface area contributed by atoms with Crippen LogP contribution in [0.4, 0.5) is 4.39 Å². The van der Waals surface area contributed by atoms with Gasteiger partial charge in [-0.2, -0.15) is 0 Å². The number of piperidine rings is 1. The Morgan fingerprint density at radius 2 is 1.90 bits per heavy atom. The number of hydrogen-bond donors (Lipinski definition) is 0. The SMILES string of the molecule is CC(C)N1CCC[C@H](Cn2c(CF)nc3ccc(-c4ccc(Cl)cc4)cc3c2=O)C1. The maximum absolute atomic E-state index is 13.8. The zero-order chi connectivity index (χ0) is 21.3. The lowest BCUT2D eigenvalue weighted by Crippen LogP contribution is -2.42. The van der Waals surface area contributed by atoms with Crippen LogP contribution in [0.1, 0.15) is 32.5 Å². The second kappa shape index (κ2) is 8.86. The molecule has 0 unspecified atom stereocenters. The molecule has 1 atom stereocenters. The zero-order valence-corrected chi connectivity index (χ0v) is 18.2. The fourth-order valence-corrected chi connectivity index (χ4v) is 4.48. The van der Waals surface area contributed by atoms with Crippen LogP contribution in [-0.4, -0.2) is 33.6 Å². The lowest BCUT2D eigenvalue weighted by atomic mass is 9.96. The largest absolute Gasteiger partial charge is 0.301 e. The van der Waals surface area contributed by atoms with Crippen LogP contribution in [0.15, 0.2) is 47.3 Å². The summed E-state index contributed by atoms with van der Waals surface area (Å²) >= 11 is 5.99. The Hall–Kier alpha value is -2.24. The number of nitrogens with zero attached hydrogens (tertiary/aromatic N) is 3. The highest BCUT2D eigenvalue weighted by Crippen LogP contribution is 2.25. The maximum Gasteiger partial charge on any atom is 0.261 e. The first kappa shape index (κ1) is 21.0. The molecule has 0 N–H and O–H groups in total. The van der Waals surface area contributed by atoms with Gasteiger partial charge in [0, 0.05) is 24.2 Å². The summed E-state index contributed by atoms with van der Waals surface area (Å²) in [6.07, 6.45) is 2.15. The first-order valence-electron chi connectivity index (χ1n) is 10.6. The van der Waals surface area contributed by atoms with E-state index in [0.29, 0.717) is 34.4 Å². The van der Waals surface area contributed by atoms with Gasteiger partial charge < -0.3 is 4.90 Å². The molecule has 2 aromatic carbocycles. The predicted octanol–water partition coefficient (Wildman–Crippen LogP) is 5.31. The fraction of sp³-hybridized carbons (Fsp3) is 0.417. The summed E-state index contributed by atoms with van der Waals surface area (Å²) in [7, 11) is 0. The second-order valence-electron chi connectivity index (χ2n) is 8.41. The molecule has 1 aliphatic rings. The summed E-state index contributed by atoms with van der Waals surface area (Å²) < 4.78 is 15.3. The van der Waals surface area contributed by atoms with Crippen molar-refractivity contribution in [3.8, 4) is 11.1 Å². The molecule has 0 radical (unpaired) electrons. The molecule has 3 aromatic rings. The van der Waals surface area contributed by atoms with Gasteiger partial charge in [0.05, 0.1) is 10.9 Å². The fourth-order valence-electron chi connectivity index (χ4n) is 4.35. The summed E-state index contributed by atoms with van der Waals surface area (Å²) in [6, 6.07) is 13.5. The highest BCUT2D eigenvalue weighted by atomic mass is 35.5. The van der Waals surface area contributed by atoms with E-state index in [4.69, 9.17) is 11.6 Å². The van der Waals surface area contributed by atoms with Crippen LogP contribution in [0.5, 0.6) is 0 Å². The van der Waals surface area contributed by atoms with Gasteiger partial charge in [0.25, 0.3) is 5.56 Å². The van der Waals surface area contributed by atoms with Gasteiger partial charge in [-0.1, -0.05) is 29.8 Å². The van der Waals surface area contributed by atoms with E-state index < -0.39 is 6.67 Å². The van der Waals surface area contributed by atoms with E-state index >= 15 is 0 Å². The predicted molar refractivity (Wildman–Crippen MR) is 121 cm³/mol. The first-order valence-corrected chi connectivity index (χ1v) is 10.9. The van der Waals surface area contributed by atoms with Crippen molar-refractivity contribution < 1.29 is 4.39 Å². The van der Waals surface area contributed by atoms with Crippen molar-refractivity contribution in [2.24, 2.45) is 5.92 Å². The molecule has 1 fully saturated rings. The molecule has 4 nitrogen and oxygen atoms in total.